The fourth-order valence-corrected chi connectivity index (χ4v) is 1.66. The van der Waals surface area contributed by atoms with Gasteiger partial charge in [-0.25, -0.2) is 0 Å². The van der Waals surface area contributed by atoms with E-state index in [1.165, 1.54) is 0 Å². The summed E-state index contributed by atoms with van der Waals surface area (Å²) in [5.74, 6) is 0.0295. The van der Waals surface area contributed by atoms with Gasteiger partial charge in [-0.15, -0.1) is 0 Å². The summed E-state index contributed by atoms with van der Waals surface area (Å²) >= 11 is 5.51. The zero-order valence-corrected chi connectivity index (χ0v) is 9.74. The van der Waals surface area contributed by atoms with E-state index in [9.17, 15) is 4.79 Å². The van der Waals surface area contributed by atoms with E-state index in [-0.39, 0.29) is 17.1 Å². The third-order valence-corrected chi connectivity index (χ3v) is 2.53. The Morgan fingerprint density at radius 3 is 2.33 bits per heavy atom. The van der Waals surface area contributed by atoms with Crippen LogP contribution in [0.25, 0.3) is 6.08 Å². The van der Waals surface area contributed by atoms with Crippen molar-refractivity contribution in [1.82, 2.24) is 0 Å². The Morgan fingerprint density at radius 1 is 1.27 bits per heavy atom. The molecule has 0 aromatic heterocycles. The standard InChI is InChI=1S/C13H15ClO/c1-10(2)12(13(14)15)9-8-11-6-4-3-5-7-11/h3-10,12H,1-2H3/b9-8+. The largest absolute Gasteiger partial charge is 0.281 e. The van der Waals surface area contributed by atoms with Crippen LogP contribution in [-0.4, -0.2) is 5.24 Å². The molecule has 1 aromatic carbocycles. The van der Waals surface area contributed by atoms with Crippen molar-refractivity contribution in [2.24, 2.45) is 11.8 Å². The number of carbonyl (C=O) groups excluding carboxylic acids is 1. The molecule has 0 saturated carbocycles. The van der Waals surface area contributed by atoms with E-state index in [1.54, 1.807) is 0 Å². The Hall–Kier alpha value is -1.08. The number of rotatable bonds is 4. The molecule has 0 heterocycles. The lowest BCUT2D eigenvalue weighted by Crippen LogP contribution is -2.12. The fraction of sp³-hybridized carbons (Fsp3) is 0.308. The summed E-state index contributed by atoms with van der Waals surface area (Å²) in [5, 5.41) is -0.294. The molecule has 0 aliphatic rings. The molecule has 80 valence electrons. The van der Waals surface area contributed by atoms with Gasteiger partial charge in [-0.2, -0.15) is 0 Å². The van der Waals surface area contributed by atoms with Crippen LogP contribution in [0.3, 0.4) is 0 Å². The van der Waals surface area contributed by atoms with Gasteiger partial charge in [-0.05, 0) is 23.1 Å². The van der Waals surface area contributed by atoms with Crippen LogP contribution in [0, 0.1) is 11.8 Å². The zero-order chi connectivity index (χ0) is 11.3. The van der Waals surface area contributed by atoms with E-state index >= 15 is 0 Å². The number of allylic oxidation sites excluding steroid dienone is 1. The summed E-state index contributed by atoms with van der Waals surface area (Å²) in [7, 11) is 0. The molecule has 0 fully saturated rings. The Labute approximate surface area is 95.8 Å². The zero-order valence-electron chi connectivity index (χ0n) is 8.98. The normalized spacial score (nSPS) is 13.3. The molecule has 1 nitrogen and oxygen atoms in total. The van der Waals surface area contributed by atoms with Gasteiger partial charge in [-0.1, -0.05) is 56.3 Å². The SMILES string of the molecule is CC(C)C(/C=C/c1ccccc1)C(=O)Cl. The molecule has 1 unspecified atom stereocenters. The summed E-state index contributed by atoms with van der Waals surface area (Å²) in [6.45, 7) is 3.97. The first-order valence-electron chi connectivity index (χ1n) is 5.04. The lowest BCUT2D eigenvalue weighted by Gasteiger charge is -2.11. The quantitative estimate of drug-likeness (QED) is 0.710. The molecule has 0 radical (unpaired) electrons. The second-order valence-corrected chi connectivity index (χ2v) is 4.22. The first kappa shape index (κ1) is 12.0. The highest BCUT2D eigenvalue weighted by Crippen LogP contribution is 2.17. The van der Waals surface area contributed by atoms with E-state index in [0.717, 1.165) is 5.56 Å². The van der Waals surface area contributed by atoms with E-state index in [1.807, 2.05) is 56.3 Å². The number of benzene rings is 1. The Balaban J connectivity index is 2.75. The lowest BCUT2D eigenvalue weighted by molar-refractivity contribution is -0.114. The molecule has 0 aliphatic heterocycles. The number of hydrogen-bond acceptors (Lipinski definition) is 1. The molecular weight excluding hydrogens is 208 g/mol. The van der Waals surface area contributed by atoms with Gasteiger partial charge in [-0.3, -0.25) is 4.79 Å². The van der Waals surface area contributed by atoms with Crippen molar-refractivity contribution in [3.05, 3.63) is 42.0 Å². The van der Waals surface area contributed by atoms with E-state index in [0.29, 0.717) is 0 Å². The van der Waals surface area contributed by atoms with Gasteiger partial charge in [0.1, 0.15) is 0 Å². The maximum atomic E-state index is 11.1. The fourth-order valence-electron chi connectivity index (χ4n) is 1.34. The Morgan fingerprint density at radius 2 is 1.87 bits per heavy atom. The number of halogens is 1. The molecule has 1 atom stereocenters. The summed E-state index contributed by atoms with van der Waals surface area (Å²) in [6.07, 6.45) is 3.81. The average molecular weight is 223 g/mol. The summed E-state index contributed by atoms with van der Waals surface area (Å²) < 4.78 is 0. The monoisotopic (exact) mass is 222 g/mol. The van der Waals surface area contributed by atoms with Crippen molar-refractivity contribution >= 4 is 22.9 Å². The molecule has 0 saturated heterocycles. The van der Waals surface area contributed by atoms with Gasteiger partial charge >= 0.3 is 0 Å². The van der Waals surface area contributed by atoms with Crippen LogP contribution in [0.15, 0.2) is 36.4 Å². The third-order valence-electron chi connectivity index (χ3n) is 2.28. The number of hydrogen-bond donors (Lipinski definition) is 0. The highest BCUT2D eigenvalue weighted by atomic mass is 35.5. The first-order chi connectivity index (χ1) is 7.11. The molecule has 0 aliphatic carbocycles. The minimum absolute atomic E-state index is 0.202. The predicted octanol–water partition coefficient (Wildman–Crippen LogP) is 3.74. The van der Waals surface area contributed by atoms with Gasteiger partial charge in [0.05, 0.1) is 5.92 Å². The second-order valence-electron chi connectivity index (χ2n) is 3.84. The maximum Gasteiger partial charge on any atom is 0.228 e. The minimum atomic E-state index is -0.294. The molecule has 1 aromatic rings. The molecule has 2 heteroatoms. The topological polar surface area (TPSA) is 17.1 Å². The lowest BCUT2D eigenvalue weighted by atomic mass is 9.96. The maximum absolute atomic E-state index is 11.1. The minimum Gasteiger partial charge on any atom is -0.281 e. The highest BCUT2D eigenvalue weighted by Gasteiger charge is 2.16. The van der Waals surface area contributed by atoms with E-state index < -0.39 is 0 Å². The van der Waals surface area contributed by atoms with Crippen molar-refractivity contribution in [2.45, 2.75) is 13.8 Å². The van der Waals surface area contributed by atoms with E-state index in [4.69, 9.17) is 11.6 Å². The Bertz CT molecular complexity index is 341. The van der Waals surface area contributed by atoms with Gasteiger partial charge < -0.3 is 0 Å². The van der Waals surface area contributed by atoms with Gasteiger partial charge in [0.2, 0.25) is 5.24 Å². The molecule has 1 rings (SSSR count). The van der Waals surface area contributed by atoms with Gasteiger partial charge in [0.25, 0.3) is 0 Å². The summed E-state index contributed by atoms with van der Waals surface area (Å²) in [6, 6.07) is 9.88. The van der Waals surface area contributed by atoms with Gasteiger partial charge in [0, 0.05) is 0 Å². The van der Waals surface area contributed by atoms with Crippen LogP contribution < -0.4 is 0 Å². The van der Waals surface area contributed by atoms with Crippen LogP contribution >= 0.6 is 11.6 Å². The smallest absolute Gasteiger partial charge is 0.228 e. The molecule has 0 N–H and O–H groups in total. The number of carbonyl (C=O) groups is 1. The van der Waals surface area contributed by atoms with Crippen LogP contribution in [0.2, 0.25) is 0 Å². The van der Waals surface area contributed by atoms with Crippen molar-refractivity contribution in [3.8, 4) is 0 Å². The molecule has 0 bridgehead atoms. The van der Waals surface area contributed by atoms with Crippen LogP contribution in [0.1, 0.15) is 19.4 Å². The van der Waals surface area contributed by atoms with E-state index in [2.05, 4.69) is 0 Å². The van der Waals surface area contributed by atoms with Crippen LogP contribution in [-0.2, 0) is 4.79 Å². The first-order valence-corrected chi connectivity index (χ1v) is 5.41. The third kappa shape index (κ3) is 3.88. The van der Waals surface area contributed by atoms with Crippen molar-refractivity contribution < 1.29 is 4.79 Å². The molecular formula is C13H15ClO. The molecule has 0 amide bonds. The Kier molecular flexibility index (Phi) is 4.57. The molecule has 0 spiro atoms. The predicted molar refractivity (Wildman–Crippen MR) is 64.7 cm³/mol. The van der Waals surface area contributed by atoms with Crippen LogP contribution in [0.4, 0.5) is 0 Å². The second kappa shape index (κ2) is 5.72. The summed E-state index contributed by atoms with van der Waals surface area (Å²) in [4.78, 5) is 11.1. The van der Waals surface area contributed by atoms with Crippen molar-refractivity contribution in [2.75, 3.05) is 0 Å². The summed E-state index contributed by atoms with van der Waals surface area (Å²) in [5.41, 5.74) is 1.08. The van der Waals surface area contributed by atoms with Crippen molar-refractivity contribution in [1.29, 1.82) is 0 Å². The average Bonchev–Trinajstić information content (AvgIpc) is 2.18. The molecule has 15 heavy (non-hydrogen) atoms. The van der Waals surface area contributed by atoms with Crippen LogP contribution in [0.5, 0.6) is 0 Å². The highest BCUT2D eigenvalue weighted by molar-refractivity contribution is 6.64. The van der Waals surface area contributed by atoms with Gasteiger partial charge in [0.15, 0.2) is 0 Å². The van der Waals surface area contributed by atoms with Crippen molar-refractivity contribution in [3.63, 3.8) is 0 Å².